The maximum Gasteiger partial charge on any atom is 0.0551 e. The molecule has 1 aliphatic carbocycles. The Morgan fingerprint density at radius 2 is 2.14 bits per heavy atom. The second kappa shape index (κ2) is 3.70. The van der Waals surface area contributed by atoms with Crippen LogP contribution < -0.4 is 5.32 Å². The summed E-state index contributed by atoms with van der Waals surface area (Å²) < 4.78 is 0. The van der Waals surface area contributed by atoms with Crippen LogP contribution in [0.3, 0.4) is 0 Å². The molecule has 14 heavy (non-hydrogen) atoms. The van der Waals surface area contributed by atoms with Crippen molar-refractivity contribution in [2.24, 2.45) is 5.92 Å². The zero-order valence-corrected chi connectivity index (χ0v) is 8.40. The Hall–Kier alpha value is -1.50. The molecule has 0 aromatic rings. The summed E-state index contributed by atoms with van der Waals surface area (Å²) in [5, 5.41) is 3.48. The van der Waals surface area contributed by atoms with Gasteiger partial charge in [-0.15, -0.1) is 0 Å². The third-order valence-corrected chi connectivity index (χ3v) is 2.68. The summed E-state index contributed by atoms with van der Waals surface area (Å²) in [4.78, 5) is 0. The summed E-state index contributed by atoms with van der Waals surface area (Å²) in [6.07, 6.45) is 14.7. The molecule has 2 rings (SSSR count). The van der Waals surface area contributed by atoms with Gasteiger partial charge in [0.15, 0.2) is 0 Å². The van der Waals surface area contributed by atoms with Gasteiger partial charge < -0.3 is 5.32 Å². The van der Waals surface area contributed by atoms with E-state index in [1.165, 1.54) is 11.3 Å². The maximum absolute atomic E-state index is 3.88. The first kappa shape index (κ1) is 9.07. The molecule has 1 nitrogen and oxygen atoms in total. The number of nitrogens with one attached hydrogen (secondary N) is 1. The molecule has 1 heteroatoms. The highest BCUT2D eigenvalue weighted by molar-refractivity contribution is 5.44. The van der Waals surface area contributed by atoms with Gasteiger partial charge in [-0.05, 0) is 18.6 Å². The van der Waals surface area contributed by atoms with Crippen LogP contribution in [0.5, 0.6) is 0 Å². The van der Waals surface area contributed by atoms with E-state index in [4.69, 9.17) is 0 Å². The third-order valence-electron chi connectivity index (χ3n) is 2.68. The second-order valence-electron chi connectivity index (χ2n) is 3.54. The Bertz CT molecular complexity index is 355. The van der Waals surface area contributed by atoms with Gasteiger partial charge in [0.25, 0.3) is 0 Å². The molecule has 0 aromatic carbocycles. The van der Waals surface area contributed by atoms with Gasteiger partial charge >= 0.3 is 0 Å². The first-order valence-electron chi connectivity index (χ1n) is 4.97. The summed E-state index contributed by atoms with van der Waals surface area (Å²) >= 11 is 0. The highest BCUT2D eigenvalue weighted by atomic mass is 15.0. The minimum atomic E-state index is 0.416. The highest BCUT2D eigenvalue weighted by Crippen LogP contribution is 2.31. The minimum Gasteiger partial charge on any atom is -0.378 e. The van der Waals surface area contributed by atoms with Gasteiger partial charge in [-0.25, -0.2) is 0 Å². The molecule has 2 atom stereocenters. The zero-order chi connectivity index (χ0) is 9.97. The lowest BCUT2D eigenvalue weighted by molar-refractivity contribution is 0.633. The monoisotopic (exact) mass is 185 g/mol. The SMILES string of the molecule is C=CC1=C(/C=C\C)NC2C=CC=CC12. The molecule has 2 unspecified atom stereocenters. The number of fused-ring (bicyclic) bond motifs is 1. The van der Waals surface area contributed by atoms with Crippen LogP contribution in [0.1, 0.15) is 6.92 Å². The van der Waals surface area contributed by atoms with Crippen LogP contribution in [0.15, 0.2) is 60.4 Å². The van der Waals surface area contributed by atoms with E-state index in [1.54, 1.807) is 0 Å². The molecule has 0 saturated heterocycles. The van der Waals surface area contributed by atoms with E-state index in [0.717, 1.165) is 0 Å². The van der Waals surface area contributed by atoms with Crippen molar-refractivity contribution < 1.29 is 0 Å². The van der Waals surface area contributed by atoms with Crippen molar-refractivity contribution in [1.29, 1.82) is 0 Å². The van der Waals surface area contributed by atoms with Crippen molar-refractivity contribution in [2.75, 3.05) is 0 Å². The van der Waals surface area contributed by atoms with E-state index in [0.29, 0.717) is 12.0 Å². The fourth-order valence-corrected chi connectivity index (χ4v) is 2.04. The quantitative estimate of drug-likeness (QED) is 0.697. The second-order valence-corrected chi connectivity index (χ2v) is 3.54. The van der Waals surface area contributed by atoms with E-state index < -0.39 is 0 Å². The predicted octanol–water partition coefficient (Wildman–Crippen LogP) is 2.72. The third kappa shape index (κ3) is 1.35. The maximum atomic E-state index is 3.88. The Kier molecular flexibility index (Phi) is 2.40. The van der Waals surface area contributed by atoms with Gasteiger partial charge in [-0.2, -0.15) is 0 Å². The van der Waals surface area contributed by atoms with Crippen molar-refractivity contribution >= 4 is 0 Å². The fraction of sp³-hybridized carbons (Fsp3) is 0.231. The predicted molar refractivity (Wildman–Crippen MR) is 60.7 cm³/mol. The fourth-order valence-electron chi connectivity index (χ4n) is 2.04. The van der Waals surface area contributed by atoms with Gasteiger partial charge in [0.1, 0.15) is 0 Å². The molecule has 0 bridgehead atoms. The number of hydrogen-bond acceptors (Lipinski definition) is 1. The smallest absolute Gasteiger partial charge is 0.0551 e. The van der Waals surface area contributed by atoms with Gasteiger partial charge in [-0.1, -0.05) is 43.0 Å². The average Bonchev–Trinajstić information content (AvgIpc) is 2.55. The van der Waals surface area contributed by atoms with Gasteiger partial charge in [-0.3, -0.25) is 0 Å². The molecular formula is C13H15N. The summed E-state index contributed by atoms with van der Waals surface area (Å²) in [5.74, 6) is 0.462. The Balaban J connectivity index is 2.35. The number of allylic oxidation sites excluding steroid dienone is 5. The first-order chi connectivity index (χ1) is 6.86. The van der Waals surface area contributed by atoms with Crippen molar-refractivity contribution in [3.63, 3.8) is 0 Å². The lowest BCUT2D eigenvalue weighted by Crippen LogP contribution is -2.26. The van der Waals surface area contributed by atoms with Gasteiger partial charge in [0.2, 0.25) is 0 Å². The van der Waals surface area contributed by atoms with E-state index in [-0.39, 0.29) is 0 Å². The van der Waals surface area contributed by atoms with Crippen molar-refractivity contribution in [3.8, 4) is 0 Å². The molecule has 72 valence electrons. The molecule has 1 N–H and O–H groups in total. The average molecular weight is 185 g/mol. The van der Waals surface area contributed by atoms with Crippen molar-refractivity contribution in [1.82, 2.24) is 5.32 Å². The first-order valence-corrected chi connectivity index (χ1v) is 4.97. The lowest BCUT2D eigenvalue weighted by atomic mass is 9.91. The van der Waals surface area contributed by atoms with Crippen LogP contribution in [0.25, 0.3) is 0 Å². The van der Waals surface area contributed by atoms with Crippen LogP contribution in [0.2, 0.25) is 0 Å². The Morgan fingerprint density at radius 1 is 1.36 bits per heavy atom. The van der Waals surface area contributed by atoms with Gasteiger partial charge in [0, 0.05) is 11.6 Å². The molecule has 0 amide bonds. The Labute approximate surface area is 85.2 Å². The summed E-state index contributed by atoms with van der Waals surface area (Å²) in [5.41, 5.74) is 2.50. The van der Waals surface area contributed by atoms with Crippen molar-refractivity contribution in [2.45, 2.75) is 13.0 Å². The molecule has 2 aliphatic rings. The number of rotatable bonds is 2. The van der Waals surface area contributed by atoms with E-state index >= 15 is 0 Å². The van der Waals surface area contributed by atoms with E-state index in [1.807, 2.05) is 13.0 Å². The largest absolute Gasteiger partial charge is 0.378 e. The molecular weight excluding hydrogens is 170 g/mol. The van der Waals surface area contributed by atoms with Crippen LogP contribution in [-0.2, 0) is 0 Å². The molecule has 1 aliphatic heterocycles. The standard InChI is InChI=1S/C13H15N/c1-3-7-12-10(4-2)11-8-5-6-9-13(11)14-12/h3-9,11,13-14H,2H2,1H3/b7-3-. The highest BCUT2D eigenvalue weighted by Gasteiger charge is 2.28. The van der Waals surface area contributed by atoms with Gasteiger partial charge in [0.05, 0.1) is 6.04 Å². The summed E-state index contributed by atoms with van der Waals surface area (Å²) in [7, 11) is 0. The minimum absolute atomic E-state index is 0.416. The van der Waals surface area contributed by atoms with Crippen LogP contribution in [-0.4, -0.2) is 6.04 Å². The van der Waals surface area contributed by atoms with Crippen molar-refractivity contribution in [3.05, 3.63) is 60.4 Å². The van der Waals surface area contributed by atoms with Crippen LogP contribution in [0.4, 0.5) is 0 Å². The molecule has 1 heterocycles. The van der Waals surface area contributed by atoms with E-state index in [9.17, 15) is 0 Å². The van der Waals surface area contributed by atoms with E-state index in [2.05, 4.69) is 48.4 Å². The topological polar surface area (TPSA) is 12.0 Å². The normalized spacial score (nSPS) is 29.5. The summed E-state index contributed by atoms with van der Waals surface area (Å²) in [6, 6.07) is 0.416. The molecule has 0 saturated carbocycles. The molecule has 0 radical (unpaired) electrons. The number of hydrogen-bond donors (Lipinski definition) is 1. The summed E-state index contributed by atoms with van der Waals surface area (Å²) in [6.45, 7) is 5.91. The molecule has 0 spiro atoms. The molecule has 0 fully saturated rings. The van der Waals surface area contributed by atoms with Crippen LogP contribution >= 0.6 is 0 Å². The Morgan fingerprint density at radius 3 is 2.86 bits per heavy atom. The molecule has 0 aromatic heterocycles. The lowest BCUT2D eigenvalue weighted by Gasteiger charge is -2.17. The zero-order valence-electron chi connectivity index (χ0n) is 8.40. The van der Waals surface area contributed by atoms with Crippen LogP contribution in [0, 0.1) is 5.92 Å².